The summed E-state index contributed by atoms with van der Waals surface area (Å²) < 4.78 is 6.33. The minimum atomic E-state index is 0.162. The van der Waals surface area contributed by atoms with Crippen molar-refractivity contribution in [2.75, 3.05) is 20.2 Å². The van der Waals surface area contributed by atoms with Gasteiger partial charge in [-0.05, 0) is 32.2 Å². The van der Waals surface area contributed by atoms with Gasteiger partial charge in [-0.15, -0.1) is 0 Å². The van der Waals surface area contributed by atoms with E-state index in [9.17, 15) is 0 Å². The van der Waals surface area contributed by atoms with Crippen LogP contribution >= 0.6 is 0 Å². The van der Waals surface area contributed by atoms with Gasteiger partial charge in [-0.2, -0.15) is 0 Å². The van der Waals surface area contributed by atoms with Gasteiger partial charge in [-0.3, -0.25) is 0 Å². The molecule has 0 aliphatic heterocycles. The maximum absolute atomic E-state index is 6.33. The molecule has 0 saturated heterocycles. The van der Waals surface area contributed by atoms with Crippen LogP contribution in [0.4, 0.5) is 0 Å². The maximum Gasteiger partial charge on any atom is 0.0806 e. The van der Waals surface area contributed by atoms with Crippen molar-refractivity contribution in [2.24, 2.45) is 5.92 Å². The van der Waals surface area contributed by atoms with Gasteiger partial charge in [0.2, 0.25) is 0 Å². The summed E-state index contributed by atoms with van der Waals surface area (Å²) in [5.41, 5.74) is 0.162. The van der Waals surface area contributed by atoms with Gasteiger partial charge in [0.1, 0.15) is 0 Å². The lowest BCUT2D eigenvalue weighted by Crippen LogP contribution is -2.42. The van der Waals surface area contributed by atoms with Crippen LogP contribution < -0.4 is 5.32 Å². The third kappa shape index (κ3) is 3.96. The molecule has 0 atom stereocenters. The molecule has 2 aliphatic rings. The second kappa shape index (κ2) is 6.75. The van der Waals surface area contributed by atoms with Gasteiger partial charge in [-0.25, -0.2) is 0 Å². The standard InChI is InChI=1S/C15H29NO/c1-16-13-15(10-4-2-3-5-11-15)17-12-9-14-7-6-8-14/h14,16H,2-13H2,1H3. The number of nitrogens with one attached hydrogen (secondary N) is 1. The lowest BCUT2D eigenvalue weighted by Gasteiger charge is -2.34. The fourth-order valence-corrected chi connectivity index (χ4v) is 3.29. The van der Waals surface area contributed by atoms with Crippen LogP contribution in [-0.2, 0) is 4.74 Å². The van der Waals surface area contributed by atoms with Crippen LogP contribution in [-0.4, -0.2) is 25.8 Å². The van der Waals surface area contributed by atoms with Crippen molar-refractivity contribution in [2.45, 2.75) is 69.8 Å². The highest BCUT2D eigenvalue weighted by atomic mass is 16.5. The fraction of sp³-hybridized carbons (Fsp3) is 1.00. The molecule has 100 valence electrons. The van der Waals surface area contributed by atoms with E-state index in [0.29, 0.717) is 0 Å². The van der Waals surface area contributed by atoms with Crippen molar-refractivity contribution in [3.8, 4) is 0 Å². The molecule has 0 amide bonds. The summed E-state index contributed by atoms with van der Waals surface area (Å²) in [4.78, 5) is 0. The third-order valence-corrected chi connectivity index (χ3v) is 4.67. The monoisotopic (exact) mass is 239 g/mol. The van der Waals surface area contributed by atoms with Crippen LogP contribution in [0.3, 0.4) is 0 Å². The SMILES string of the molecule is CNCC1(OCCC2CCC2)CCCCCC1. The zero-order valence-electron chi connectivity index (χ0n) is 11.5. The number of rotatable bonds is 6. The highest BCUT2D eigenvalue weighted by Crippen LogP contribution is 2.33. The fourth-order valence-electron chi connectivity index (χ4n) is 3.29. The molecule has 2 rings (SSSR count). The predicted octanol–water partition coefficient (Wildman–Crippen LogP) is 3.51. The lowest BCUT2D eigenvalue weighted by molar-refractivity contribution is -0.0609. The molecule has 1 N–H and O–H groups in total. The molecule has 17 heavy (non-hydrogen) atoms. The minimum Gasteiger partial charge on any atom is -0.374 e. The average Bonchev–Trinajstić information content (AvgIpc) is 2.49. The number of hydrogen-bond donors (Lipinski definition) is 1. The summed E-state index contributed by atoms with van der Waals surface area (Å²) in [7, 11) is 2.06. The molecule has 0 aromatic rings. The van der Waals surface area contributed by atoms with E-state index < -0.39 is 0 Å². The normalized spacial score (nSPS) is 25.2. The molecule has 2 fully saturated rings. The van der Waals surface area contributed by atoms with Crippen molar-refractivity contribution in [1.29, 1.82) is 0 Å². The van der Waals surface area contributed by atoms with E-state index in [-0.39, 0.29) is 5.60 Å². The molecule has 0 unspecified atom stereocenters. The first-order valence-corrected chi connectivity index (χ1v) is 7.63. The van der Waals surface area contributed by atoms with Crippen molar-refractivity contribution in [3.05, 3.63) is 0 Å². The van der Waals surface area contributed by atoms with Crippen LogP contribution in [0.15, 0.2) is 0 Å². The Labute approximate surface area is 107 Å². The zero-order chi connectivity index (χ0) is 12.0. The molecule has 2 heteroatoms. The van der Waals surface area contributed by atoms with E-state index >= 15 is 0 Å². The predicted molar refractivity (Wildman–Crippen MR) is 72.3 cm³/mol. The Kier molecular flexibility index (Phi) is 5.30. The molecule has 2 saturated carbocycles. The Morgan fingerprint density at radius 1 is 1.06 bits per heavy atom. The highest BCUT2D eigenvalue weighted by Gasteiger charge is 2.31. The second-order valence-electron chi connectivity index (χ2n) is 6.06. The molecule has 0 radical (unpaired) electrons. The van der Waals surface area contributed by atoms with Gasteiger partial charge < -0.3 is 10.1 Å². The highest BCUT2D eigenvalue weighted by molar-refractivity contribution is 4.85. The quantitative estimate of drug-likeness (QED) is 0.716. The first kappa shape index (κ1) is 13.4. The molecule has 0 spiro atoms. The number of likely N-dealkylation sites (N-methyl/N-ethyl adjacent to an activating group) is 1. The van der Waals surface area contributed by atoms with Crippen molar-refractivity contribution in [3.63, 3.8) is 0 Å². The van der Waals surface area contributed by atoms with E-state index in [0.717, 1.165) is 19.1 Å². The molecular weight excluding hydrogens is 210 g/mol. The summed E-state index contributed by atoms with van der Waals surface area (Å²) in [5.74, 6) is 0.979. The Balaban J connectivity index is 1.76. The first-order valence-electron chi connectivity index (χ1n) is 7.63. The summed E-state index contributed by atoms with van der Waals surface area (Å²) in [6.45, 7) is 2.03. The summed E-state index contributed by atoms with van der Waals surface area (Å²) in [5, 5.41) is 3.35. The Morgan fingerprint density at radius 3 is 2.29 bits per heavy atom. The molecule has 2 nitrogen and oxygen atoms in total. The van der Waals surface area contributed by atoms with Crippen LogP contribution in [0, 0.1) is 5.92 Å². The van der Waals surface area contributed by atoms with Crippen molar-refractivity contribution >= 4 is 0 Å². The van der Waals surface area contributed by atoms with Crippen molar-refractivity contribution < 1.29 is 4.74 Å². The molecule has 0 heterocycles. The Hall–Kier alpha value is -0.0800. The second-order valence-corrected chi connectivity index (χ2v) is 6.06. The lowest BCUT2D eigenvalue weighted by atomic mass is 9.83. The maximum atomic E-state index is 6.33. The number of hydrogen-bond acceptors (Lipinski definition) is 2. The van der Waals surface area contributed by atoms with Crippen LogP contribution in [0.1, 0.15) is 64.2 Å². The smallest absolute Gasteiger partial charge is 0.0806 e. The topological polar surface area (TPSA) is 21.3 Å². The zero-order valence-corrected chi connectivity index (χ0v) is 11.5. The van der Waals surface area contributed by atoms with Gasteiger partial charge in [0.15, 0.2) is 0 Å². The van der Waals surface area contributed by atoms with E-state index in [4.69, 9.17) is 4.74 Å². The van der Waals surface area contributed by atoms with E-state index in [1.54, 1.807) is 0 Å². The van der Waals surface area contributed by atoms with Crippen LogP contribution in [0.5, 0.6) is 0 Å². The minimum absolute atomic E-state index is 0.162. The molecule has 2 aliphatic carbocycles. The van der Waals surface area contributed by atoms with Crippen LogP contribution in [0.25, 0.3) is 0 Å². The van der Waals surface area contributed by atoms with Gasteiger partial charge in [0, 0.05) is 13.2 Å². The summed E-state index contributed by atoms with van der Waals surface area (Å²) >= 11 is 0. The van der Waals surface area contributed by atoms with Crippen LogP contribution in [0.2, 0.25) is 0 Å². The third-order valence-electron chi connectivity index (χ3n) is 4.67. The van der Waals surface area contributed by atoms with Gasteiger partial charge >= 0.3 is 0 Å². The average molecular weight is 239 g/mol. The number of ether oxygens (including phenoxy) is 1. The summed E-state index contributed by atoms with van der Waals surface area (Å²) in [6.07, 6.45) is 13.7. The Morgan fingerprint density at radius 2 is 1.76 bits per heavy atom. The summed E-state index contributed by atoms with van der Waals surface area (Å²) in [6, 6.07) is 0. The van der Waals surface area contributed by atoms with Crippen molar-refractivity contribution in [1.82, 2.24) is 5.32 Å². The Bertz CT molecular complexity index is 205. The van der Waals surface area contributed by atoms with Gasteiger partial charge in [0.25, 0.3) is 0 Å². The molecule has 0 aromatic carbocycles. The van der Waals surface area contributed by atoms with Gasteiger partial charge in [-0.1, -0.05) is 44.9 Å². The molecule has 0 aromatic heterocycles. The molecular formula is C15H29NO. The van der Waals surface area contributed by atoms with E-state index in [1.165, 1.54) is 64.2 Å². The van der Waals surface area contributed by atoms with Gasteiger partial charge in [0.05, 0.1) is 5.60 Å². The largest absolute Gasteiger partial charge is 0.374 e. The first-order chi connectivity index (χ1) is 8.35. The molecule has 0 bridgehead atoms. The van der Waals surface area contributed by atoms with E-state index in [2.05, 4.69) is 12.4 Å². The van der Waals surface area contributed by atoms with E-state index in [1.807, 2.05) is 0 Å².